The molecule has 4 aromatic rings. The van der Waals surface area contributed by atoms with E-state index in [1.165, 1.54) is 18.5 Å². The Hall–Kier alpha value is -2.99. The first-order valence-corrected chi connectivity index (χ1v) is 9.92. The zero-order chi connectivity index (χ0) is 21.1. The average molecular weight is 439 g/mol. The van der Waals surface area contributed by atoms with Gasteiger partial charge in [0.25, 0.3) is 0 Å². The predicted molar refractivity (Wildman–Crippen MR) is 120 cm³/mol. The van der Waals surface area contributed by atoms with Crippen molar-refractivity contribution in [2.24, 2.45) is 5.73 Å². The summed E-state index contributed by atoms with van der Waals surface area (Å²) in [5, 5.41) is 4.37. The predicted octanol–water partition coefficient (Wildman–Crippen LogP) is 6.46. The summed E-state index contributed by atoms with van der Waals surface area (Å²) in [5.41, 5.74) is 10.7. The minimum Gasteiger partial charge on any atom is -0.339 e. The molecule has 3 aromatic carbocycles. The van der Waals surface area contributed by atoms with Gasteiger partial charge < -0.3 is 11.1 Å². The topological polar surface area (TPSA) is 63.8 Å². The van der Waals surface area contributed by atoms with E-state index in [2.05, 4.69) is 15.3 Å². The van der Waals surface area contributed by atoms with Gasteiger partial charge in [-0.2, -0.15) is 0 Å². The highest BCUT2D eigenvalue weighted by molar-refractivity contribution is 6.36. The first-order valence-electron chi connectivity index (χ1n) is 9.17. The Morgan fingerprint density at radius 3 is 2.50 bits per heavy atom. The van der Waals surface area contributed by atoms with Crippen LogP contribution in [0.2, 0.25) is 10.0 Å². The second-order valence-corrected chi connectivity index (χ2v) is 7.42. The highest BCUT2D eigenvalue weighted by Gasteiger charge is 2.19. The molecular formula is C23H17Cl2FN4. The van der Waals surface area contributed by atoms with Gasteiger partial charge in [-0.05, 0) is 41.5 Å². The van der Waals surface area contributed by atoms with Gasteiger partial charge in [-0.3, -0.25) is 0 Å². The number of anilines is 2. The number of aromatic nitrogens is 2. The molecule has 3 N–H and O–H groups in total. The van der Waals surface area contributed by atoms with Crippen LogP contribution in [0, 0.1) is 5.82 Å². The minimum absolute atomic E-state index is 0.288. The molecule has 0 aliphatic heterocycles. The van der Waals surface area contributed by atoms with Crippen LogP contribution in [0.4, 0.5) is 15.9 Å². The summed E-state index contributed by atoms with van der Waals surface area (Å²) in [6.07, 6.45) is 3.09. The van der Waals surface area contributed by atoms with Crippen LogP contribution in [0.1, 0.15) is 5.56 Å². The number of halogens is 3. The third-order valence-corrected chi connectivity index (χ3v) is 5.23. The van der Waals surface area contributed by atoms with Crippen molar-refractivity contribution in [3.63, 3.8) is 0 Å². The van der Waals surface area contributed by atoms with E-state index in [1.54, 1.807) is 30.5 Å². The quantitative estimate of drug-likeness (QED) is 0.375. The molecule has 0 spiro atoms. The molecule has 4 nitrogen and oxygen atoms in total. The summed E-state index contributed by atoms with van der Waals surface area (Å²) < 4.78 is 14.0. The van der Waals surface area contributed by atoms with Crippen LogP contribution in [0.15, 0.2) is 73.2 Å². The number of hydrogen-bond acceptors (Lipinski definition) is 4. The summed E-state index contributed by atoms with van der Waals surface area (Å²) in [4.78, 5) is 8.23. The van der Waals surface area contributed by atoms with Gasteiger partial charge in [-0.1, -0.05) is 53.5 Å². The molecule has 1 heterocycles. The van der Waals surface area contributed by atoms with Gasteiger partial charge in [0.15, 0.2) is 0 Å². The van der Waals surface area contributed by atoms with E-state index in [-0.39, 0.29) is 12.4 Å². The number of nitrogens with two attached hydrogens (primary N) is 1. The monoisotopic (exact) mass is 438 g/mol. The Morgan fingerprint density at radius 2 is 1.80 bits per heavy atom. The molecule has 1 aromatic heterocycles. The van der Waals surface area contributed by atoms with Gasteiger partial charge in [0.05, 0.1) is 5.69 Å². The van der Waals surface area contributed by atoms with Crippen molar-refractivity contribution in [3.05, 3.63) is 94.6 Å². The van der Waals surface area contributed by atoms with Crippen LogP contribution in [-0.4, -0.2) is 9.97 Å². The lowest BCUT2D eigenvalue weighted by Gasteiger charge is -2.21. The molecule has 0 radical (unpaired) electrons. The lowest BCUT2D eigenvalue weighted by atomic mass is 9.91. The maximum atomic E-state index is 14.0. The molecule has 0 saturated heterocycles. The number of nitrogens with zero attached hydrogens (tertiary/aromatic N) is 2. The molecule has 0 fully saturated rings. The zero-order valence-corrected chi connectivity index (χ0v) is 17.3. The highest BCUT2D eigenvalue weighted by atomic mass is 35.5. The summed E-state index contributed by atoms with van der Waals surface area (Å²) >= 11 is 12.7. The number of benzene rings is 3. The smallest absolute Gasteiger partial charge is 0.133 e. The van der Waals surface area contributed by atoms with Crippen LogP contribution >= 0.6 is 23.2 Å². The molecule has 7 heteroatoms. The zero-order valence-electron chi connectivity index (χ0n) is 15.7. The van der Waals surface area contributed by atoms with Gasteiger partial charge in [0.1, 0.15) is 18.0 Å². The highest BCUT2D eigenvalue weighted by Crippen LogP contribution is 2.43. The second kappa shape index (κ2) is 8.79. The van der Waals surface area contributed by atoms with Gasteiger partial charge in [0, 0.05) is 39.5 Å². The summed E-state index contributed by atoms with van der Waals surface area (Å²) in [6.45, 7) is 0.288. The fourth-order valence-corrected chi connectivity index (χ4v) is 3.84. The molecule has 0 aliphatic carbocycles. The fraction of sp³-hybridized carbons (Fsp3) is 0.0435. The fourth-order valence-electron chi connectivity index (χ4n) is 3.33. The van der Waals surface area contributed by atoms with Crippen LogP contribution in [0.25, 0.3) is 22.3 Å². The number of nitrogens with one attached hydrogen (secondary N) is 1. The Morgan fingerprint density at radius 1 is 0.967 bits per heavy atom. The molecule has 0 atom stereocenters. The van der Waals surface area contributed by atoms with Crippen molar-refractivity contribution in [1.29, 1.82) is 0 Å². The van der Waals surface area contributed by atoms with Crippen LogP contribution in [-0.2, 0) is 6.54 Å². The molecule has 30 heavy (non-hydrogen) atoms. The summed E-state index contributed by atoms with van der Waals surface area (Å²) in [6, 6.07) is 17.3. The SMILES string of the molecule is NCc1ccc(-c2cccc(F)c2)c(Nc2ccncn2)c1-c1ccc(Cl)cc1Cl. The number of rotatable bonds is 5. The second-order valence-electron chi connectivity index (χ2n) is 6.58. The Labute approximate surface area is 183 Å². The van der Waals surface area contributed by atoms with Gasteiger partial charge in [0.2, 0.25) is 0 Å². The maximum absolute atomic E-state index is 14.0. The third kappa shape index (κ3) is 4.14. The third-order valence-electron chi connectivity index (χ3n) is 4.68. The largest absolute Gasteiger partial charge is 0.339 e. The number of hydrogen-bond donors (Lipinski definition) is 2. The van der Waals surface area contributed by atoms with Crippen LogP contribution < -0.4 is 11.1 Å². The lowest BCUT2D eigenvalue weighted by Crippen LogP contribution is -2.05. The normalized spacial score (nSPS) is 10.8. The van der Waals surface area contributed by atoms with Crippen molar-refractivity contribution < 1.29 is 4.39 Å². The Bertz CT molecular complexity index is 1200. The molecule has 150 valence electrons. The average Bonchev–Trinajstić information content (AvgIpc) is 2.74. The summed E-state index contributed by atoms with van der Waals surface area (Å²) in [7, 11) is 0. The standard InChI is InChI=1S/C23H17Cl2FN4/c24-16-5-7-19(20(25)11-16)22-15(12-27)4-6-18(14-2-1-3-17(26)10-14)23(22)30-21-8-9-28-13-29-21/h1-11,13H,12,27H2,(H,28,29,30). The Balaban J connectivity index is 2.02. The van der Waals surface area contributed by atoms with Crippen LogP contribution in [0.5, 0.6) is 0 Å². The molecule has 4 rings (SSSR count). The molecule has 0 aliphatic rings. The molecule has 0 unspecified atom stereocenters. The van der Waals surface area contributed by atoms with Crippen molar-refractivity contribution in [2.45, 2.75) is 6.54 Å². The first-order chi connectivity index (χ1) is 14.6. The minimum atomic E-state index is -0.325. The van der Waals surface area contributed by atoms with Gasteiger partial charge in [-0.25, -0.2) is 14.4 Å². The van der Waals surface area contributed by atoms with E-state index in [9.17, 15) is 4.39 Å². The van der Waals surface area contributed by atoms with Crippen molar-refractivity contribution in [2.75, 3.05) is 5.32 Å². The van der Waals surface area contributed by atoms with Crippen molar-refractivity contribution >= 4 is 34.7 Å². The maximum Gasteiger partial charge on any atom is 0.133 e. The lowest BCUT2D eigenvalue weighted by molar-refractivity contribution is 0.628. The molecule has 0 amide bonds. The molecule has 0 bridgehead atoms. The van der Waals surface area contributed by atoms with E-state index < -0.39 is 0 Å². The van der Waals surface area contributed by atoms with Gasteiger partial charge >= 0.3 is 0 Å². The summed E-state index contributed by atoms with van der Waals surface area (Å²) in [5.74, 6) is 0.262. The Kier molecular flexibility index (Phi) is 5.95. The van der Waals surface area contributed by atoms with Crippen molar-refractivity contribution in [1.82, 2.24) is 9.97 Å². The molecular weight excluding hydrogens is 422 g/mol. The van der Waals surface area contributed by atoms with E-state index in [0.29, 0.717) is 27.1 Å². The van der Waals surface area contributed by atoms with Crippen LogP contribution in [0.3, 0.4) is 0 Å². The molecule has 0 saturated carbocycles. The van der Waals surface area contributed by atoms with E-state index in [1.807, 2.05) is 24.3 Å². The van der Waals surface area contributed by atoms with E-state index in [0.717, 1.165) is 22.3 Å². The van der Waals surface area contributed by atoms with E-state index in [4.69, 9.17) is 28.9 Å². The first kappa shape index (κ1) is 20.3. The van der Waals surface area contributed by atoms with E-state index >= 15 is 0 Å². The van der Waals surface area contributed by atoms with Gasteiger partial charge in [-0.15, -0.1) is 0 Å². The van der Waals surface area contributed by atoms with Crippen molar-refractivity contribution in [3.8, 4) is 22.3 Å².